The molecule has 0 amide bonds. The van der Waals surface area contributed by atoms with Gasteiger partial charge in [-0.25, -0.2) is 0 Å². The molecule has 0 aromatic rings. The van der Waals surface area contributed by atoms with Crippen molar-refractivity contribution in [3.63, 3.8) is 0 Å². The molecule has 1 N–H and O–H groups in total. The quantitative estimate of drug-likeness (QED) is 0.528. The van der Waals surface area contributed by atoms with Crippen LogP contribution in [0.1, 0.15) is 20.3 Å². The zero-order valence-electron chi connectivity index (χ0n) is 4.85. The normalized spacial score (nSPS) is 11.3. The number of hydrogen-bond acceptors (Lipinski definition) is 2. The van der Waals surface area contributed by atoms with Crippen LogP contribution < -0.4 is 0 Å². The van der Waals surface area contributed by atoms with Gasteiger partial charge < -0.3 is 9.90 Å². The molecule has 0 spiro atoms. The highest BCUT2D eigenvalue weighted by molar-refractivity contribution is 5.10. The second kappa shape index (κ2) is 9.16. The van der Waals surface area contributed by atoms with Crippen LogP contribution in [0.2, 0.25) is 0 Å². The number of carbonyl (C=O) groups is 1. The van der Waals surface area contributed by atoms with Crippen LogP contribution in [0.5, 0.6) is 0 Å². The molecule has 1 atom stereocenters. The first-order chi connectivity index (χ1) is 3.27. The first-order valence-electron chi connectivity index (χ1n) is 2.24. The maximum atomic E-state index is 8.36. The maximum Gasteiger partial charge on any atom is 0.106 e. The minimum Gasteiger partial charge on any atom is -0.393 e. The molecule has 0 aromatic heterocycles. The Bertz CT molecular complexity index is 27.3. The van der Waals surface area contributed by atoms with Gasteiger partial charge in [-0.1, -0.05) is 6.92 Å². The average Bonchev–Trinajstić information content (AvgIpc) is 1.73. The third kappa shape index (κ3) is 27.9. The Labute approximate surface area is 44.2 Å². The Morgan fingerprint density at radius 2 is 1.86 bits per heavy atom. The van der Waals surface area contributed by atoms with Gasteiger partial charge >= 0.3 is 0 Å². The minimum absolute atomic E-state index is 0.116. The fraction of sp³-hybridized carbons (Fsp3) is 0.800. The average molecular weight is 104 g/mol. The van der Waals surface area contributed by atoms with E-state index in [0.717, 1.165) is 6.42 Å². The molecular formula is C5H12O2. The van der Waals surface area contributed by atoms with E-state index in [4.69, 9.17) is 9.90 Å². The molecular weight excluding hydrogens is 92.1 g/mol. The van der Waals surface area contributed by atoms with E-state index in [1.54, 1.807) is 6.92 Å². The molecule has 0 saturated carbocycles. The molecule has 2 nitrogen and oxygen atoms in total. The van der Waals surface area contributed by atoms with Gasteiger partial charge in [0.15, 0.2) is 0 Å². The van der Waals surface area contributed by atoms with Gasteiger partial charge in [0, 0.05) is 0 Å². The number of aliphatic hydroxyl groups is 1. The van der Waals surface area contributed by atoms with Crippen molar-refractivity contribution in [2.45, 2.75) is 26.4 Å². The topological polar surface area (TPSA) is 37.3 Å². The molecule has 0 rings (SSSR count). The van der Waals surface area contributed by atoms with Crippen molar-refractivity contribution in [3.05, 3.63) is 0 Å². The summed E-state index contributed by atoms with van der Waals surface area (Å²) in [5, 5.41) is 8.36. The van der Waals surface area contributed by atoms with Crippen molar-refractivity contribution in [1.82, 2.24) is 0 Å². The van der Waals surface area contributed by atoms with Crippen LogP contribution in [0.3, 0.4) is 0 Å². The monoisotopic (exact) mass is 104 g/mol. The highest BCUT2D eigenvalue weighted by atomic mass is 16.3. The fourth-order valence-corrected chi connectivity index (χ4v) is 0. The van der Waals surface area contributed by atoms with Gasteiger partial charge in [0.2, 0.25) is 0 Å². The number of rotatable bonds is 1. The van der Waals surface area contributed by atoms with Crippen molar-refractivity contribution < 1.29 is 9.90 Å². The number of carbonyl (C=O) groups excluding carboxylic acids is 1. The number of aliphatic hydroxyl groups excluding tert-OH is 1. The molecule has 0 aliphatic carbocycles. The van der Waals surface area contributed by atoms with Crippen molar-refractivity contribution in [2.24, 2.45) is 0 Å². The van der Waals surface area contributed by atoms with Gasteiger partial charge in [-0.2, -0.15) is 0 Å². The molecule has 0 heterocycles. The first-order valence-corrected chi connectivity index (χ1v) is 2.24. The van der Waals surface area contributed by atoms with E-state index in [0.29, 0.717) is 0 Å². The number of hydrogen-bond donors (Lipinski definition) is 1. The second-order valence-corrected chi connectivity index (χ2v) is 1.26. The van der Waals surface area contributed by atoms with Crippen LogP contribution in [0, 0.1) is 0 Å². The SMILES string of the molecule is C=O.CCC(C)O. The van der Waals surface area contributed by atoms with Crippen LogP contribution in [0.4, 0.5) is 0 Å². The fourth-order valence-electron chi connectivity index (χ4n) is 0. The summed E-state index contributed by atoms with van der Waals surface area (Å²) in [5.41, 5.74) is 0. The summed E-state index contributed by atoms with van der Waals surface area (Å²) in [5.74, 6) is 0. The second-order valence-electron chi connectivity index (χ2n) is 1.26. The lowest BCUT2D eigenvalue weighted by molar-refractivity contribution is -0.0979. The lowest BCUT2D eigenvalue weighted by Gasteiger charge is -1.90. The molecule has 0 aliphatic rings. The van der Waals surface area contributed by atoms with Crippen molar-refractivity contribution in [3.8, 4) is 0 Å². The summed E-state index contributed by atoms with van der Waals surface area (Å²) in [6, 6.07) is 0. The van der Waals surface area contributed by atoms with Gasteiger partial charge in [-0.15, -0.1) is 0 Å². The molecule has 7 heavy (non-hydrogen) atoms. The zero-order chi connectivity index (χ0) is 6.28. The summed E-state index contributed by atoms with van der Waals surface area (Å²) in [4.78, 5) is 8.00. The Kier molecular flexibility index (Phi) is 12.8. The third-order valence-corrected chi connectivity index (χ3v) is 0.591. The predicted octanol–water partition coefficient (Wildman–Crippen LogP) is 0.592. The minimum atomic E-state index is -0.116. The van der Waals surface area contributed by atoms with Gasteiger partial charge in [-0.05, 0) is 13.3 Å². The van der Waals surface area contributed by atoms with Gasteiger partial charge in [-0.3, -0.25) is 0 Å². The molecule has 0 saturated heterocycles. The van der Waals surface area contributed by atoms with Crippen LogP contribution >= 0.6 is 0 Å². The van der Waals surface area contributed by atoms with Gasteiger partial charge in [0.1, 0.15) is 6.79 Å². The maximum absolute atomic E-state index is 8.36. The summed E-state index contributed by atoms with van der Waals surface area (Å²) < 4.78 is 0. The van der Waals surface area contributed by atoms with Crippen molar-refractivity contribution >= 4 is 6.79 Å². The van der Waals surface area contributed by atoms with Gasteiger partial charge in [0.25, 0.3) is 0 Å². The Hall–Kier alpha value is -0.370. The lowest BCUT2D eigenvalue weighted by atomic mass is 10.3. The Morgan fingerprint density at radius 3 is 1.86 bits per heavy atom. The molecule has 0 radical (unpaired) electrons. The van der Waals surface area contributed by atoms with Crippen molar-refractivity contribution in [2.75, 3.05) is 0 Å². The first kappa shape index (κ1) is 9.80. The van der Waals surface area contributed by atoms with Crippen LogP contribution in [0.15, 0.2) is 0 Å². The summed E-state index contributed by atoms with van der Waals surface area (Å²) in [6.07, 6.45) is 0.745. The van der Waals surface area contributed by atoms with E-state index < -0.39 is 0 Å². The van der Waals surface area contributed by atoms with Gasteiger partial charge in [0.05, 0.1) is 6.10 Å². The molecule has 1 unspecified atom stereocenters. The van der Waals surface area contributed by atoms with E-state index >= 15 is 0 Å². The molecule has 0 fully saturated rings. The lowest BCUT2D eigenvalue weighted by Crippen LogP contribution is -1.93. The Morgan fingerprint density at radius 1 is 1.71 bits per heavy atom. The molecule has 0 aliphatic heterocycles. The largest absolute Gasteiger partial charge is 0.393 e. The smallest absolute Gasteiger partial charge is 0.106 e. The standard InChI is InChI=1S/C4H10O.CH2O/c1-3-4(2)5;1-2/h4-5H,3H2,1-2H3;1H2. The van der Waals surface area contributed by atoms with Crippen LogP contribution in [-0.2, 0) is 4.79 Å². The van der Waals surface area contributed by atoms with E-state index in [1.165, 1.54) is 0 Å². The predicted molar refractivity (Wildman–Crippen MR) is 29.1 cm³/mol. The summed E-state index contributed by atoms with van der Waals surface area (Å²) >= 11 is 0. The third-order valence-electron chi connectivity index (χ3n) is 0.591. The Balaban J connectivity index is 0. The molecule has 44 valence electrons. The summed E-state index contributed by atoms with van der Waals surface area (Å²) in [7, 11) is 0. The van der Waals surface area contributed by atoms with E-state index in [9.17, 15) is 0 Å². The molecule has 2 heteroatoms. The highest BCUT2D eigenvalue weighted by Gasteiger charge is 1.81. The summed E-state index contributed by atoms with van der Waals surface area (Å²) in [6.45, 7) is 5.73. The molecule has 0 aromatic carbocycles. The van der Waals surface area contributed by atoms with E-state index in [-0.39, 0.29) is 6.10 Å². The van der Waals surface area contributed by atoms with Crippen LogP contribution in [0.25, 0.3) is 0 Å². The van der Waals surface area contributed by atoms with E-state index in [1.807, 2.05) is 13.7 Å². The van der Waals surface area contributed by atoms with Crippen molar-refractivity contribution in [1.29, 1.82) is 0 Å². The zero-order valence-corrected chi connectivity index (χ0v) is 4.85. The molecule has 0 bridgehead atoms. The highest BCUT2D eigenvalue weighted by Crippen LogP contribution is 1.81. The van der Waals surface area contributed by atoms with Crippen LogP contribution in [-0.4, -0.2) is 18.0 Å². The van der Waals surface area contributed by atoms with E-state index in [2.05, 4.69) is 0 Å².